The van der Waals surface area contributed by atoms with Gasteiger partial charge in [0.15, 0.2) is 0 Å². The molecule has 0 bridgehead atoms. The van der Waals surface area contributed by atoms with E-state index in [-0.39, 0.29) is 11.8 Å². The molecular weight excluding hydrogens is 310 g/mol. The summed E-state index contributed by atoms with van der Waals surface area (Å²) in [5, 5.41) is 8.21. The van der Waals surface area contributed by atoms with Gasteiger partial charge in [-0.2, -0.15) is 5.10 Å². The summed E-state index contributed by atoms with van der Waals surface area (Å²) in [4.78, 5) is 12.3. The van der Waals surface area contributed by atoms with Crippen LogP contribution in [0.4, 0.5) is 0 Å². The van der Waals surface area contributed by atoms with Gasteiger partial charge in [0, 0.05) is 30.2 Å². The maximum absolute atomic E-state index is 12.3. The number of carbonyl (C=O) groups is 1. The van der Waals surface area contributed by atoms with E-state index in [4.69, 9.17) is 11.6 Å². The molecule has 1 fully saturated rings. The predicted octanol–water partition coefficient (Wildman–Crippen LogP) is 3.15. The van der Waals surface area contributed by atoms with E-state index in [1.54, 1.807) is 0 Å². The normalized spacial score (nSPS) is 19.7. The molecule has 1 heterocycles. The van der Waals surface area contributed by atoms with Crippen LogP contribution >= 0.6 is 11.6 Å². The summed E-state index contributed by atoms with van der Waals surface area (Å²) in [5.74, 6) is 0.602. The number of hydrogen-bond acceptors (Lipinski definition) is 2. The Morgan fingerprint density at radius 2 is 2.04 bits per heavy atom. The van der Waals surface area contributed by atoms with E-state index >= 15 is 0 Å². The van der Waals surface area contributed by atoms with Gasteiger partial charge in [0.05, 0.1) is 5.69 Å². The topological polar surface area (TPSA) is 46.9 Å². The third kappa shape index (κ3) is 3.42. The number of hydrogen-bond donors (Lipinski definition) is 1. The maximum Gasteiger partial charge on any atom is 0.223 e. The van der Waals surface area contributed by atoms with Gasteiger partial charge in [-0.15, -0.1) is 0 Å². The summed E-state index contributed by atoms with van der Waals surface area (Å²) < 4.78 is 1.89. The summed E-state index contributed by atoms with van der Waals surface area (Å²) in [6.07, 6.45) is 1.76. The minimum atomic E-state index is 0.104. The minimum absolute atomic E-state index is 0.104. The number of carbonyl (C=O) groups excluding carboxylic acids is 1. The van der Waals surface area contributed by atoms with Crippen molar-refractivity contribution >= 4 is 17.5 Å². The molecule has 122 valence electrons. The largest absolute Gasteiger partial charge is 0.356 e. The first-order valence-corrected chi connectivity index (χ1v) is 8.37. The van der Waals surface area contributed by atoms with E-state index in [9.17, 15) is 4.79 Å². The Balaban J connectivity index is 1.50. The highest BCUT2D eigenvalue weighted by Gasteiger charge is 2.43. The summed E-state index contributed by atoms with van der Waals surface area (Å²) >= 11 is 5.90. The van der Waals surface area contributed by atoms with Crippen molar-refractivity contribution in [3.63, 3.8) is 0 Å². The predicted molar refractivity (Wildman–Crippen MR) is 91.7 cm³/mol. The van der Waals surface area contributed by atoms with Crippen LogP contribution in [0.25, 0.3) is 0 Å². The van der Waals surface area contributed by atoms with Crippen molar-refractivity contribution in [3.05, 3.63) is 51.8 Å². The summed E-state index contributed by atoms with van der Waals surface area (Å²) in [6, 6.07) is 7.81. The molecule has 1 aliphatic rings. The maximum atomic E-state index is 12.3. The molecule has 3 rings (SSSR count). The van der Waals surface area contributed by atoms with Crippen molar-refractivity contribution < 1.29 is 4.79 Å². The molecule has 1 aliphatic carbocycles. The smallest absolute Gasteiger partial charge is 0.223 e. The van der Waals surface area contributed by atoms with Gasteiger partial charge in [-0.3, -0.25) is 9.48 Å². The standard InChI is InChI=1S/C18H22ClN3O/c1-11-15(12(2)22(3)21-11)8-9-20-18(23)17-10-16(17)13-4-6-14(19)7-5-13/h4-7,16-17H,8-10H2,1-3H3,(H,20,23)/t16-,17-/m0/s1. The molecule has 1 saturated carbocycles. The number of aryl methyl sites for hydroxylation is 2. The zero-order valence-corrected chi connectivity index (χ0v) is 14.5. The van der Waals surface area contributed by atoms with Gasteiger partial charge >= 0.3 is 0 Å². The Morgan fingerprint density at radius 1 is 1.35 bits per heavy atom. The molecule has 1 N–H and O–H groups in total. The van der Waals surface area contributed by atoms with Crippen LogP contribution in [0.1, 0.15) is 34.9 Å². The molecule has 1 amide bonds. The fraction of sp³-hybridized carbons (Fsp3) is 0.444. The minimum Gasteiger partial charge on any atom is -0.356 e. The van der Waals surface area contributed by atoms with Gasteiger partial charge < -0.3 is 5.32 Å². The van der Waals surface area contributed by atoms with Crippen LogP contribution in [0.15, 0.2) is 24.3 Å². The Labute approximate surface area is 141 Å². The lowest BCUT2D eigenvalue weighted by Gasteiger charge is -2.06. The van der Waals surface area contributed by atoms with Crippen LogP contribution in [-0.2, 0) is 18.3 Å². The number of benzene rings is 1. The third-order valence-electron chi connectivity index (χ3n) is 4.76. The number of amides is 1. The van der Waals surface area contributed by atoms with Crippen LogP contribution in [0, 0.1) is 19.8 Å². The van der Waals surface area contributed by atoms with Gasteiger partial charge in [0.1, 0.15) is 0 Å². The number of halogens is 1. The zero-order valence-electron chi connectivity index (χ0n) is 13.8. The number of nitrogens with one attached hydrogen (secondary N) is 1. The molecule has 1 aromatic carbocycles. The van der Waals surface area contributed by atoms with Crippen LogP contribution < -0.4 is 5.32 Å². The van der Waals surface area contributed by atoms with Crippen LogP contribution in [-0.4, -0.2) is 22.2 Å². The second-order valence-electron chi connectivity index (χ2n) is 6.31. The molecule has 1 aromatic heterocycles. The third-order valence-corrected chi connectivity index (χ3v) is 5.01. The second-order valence-corrected chi connectivity index (χ2v) is 6.75. The summed E-state index contributed by atoms with van der Waals surface area (Å²) in [7, 11) is 1.95. The number of aromatic nitrogens is 2. The van der Waals surface area contributed by atoms with Crippen molar-refractivity contribution in [1.29, 1.82) is 0 Å². The van der Waals surface area contributed by atoms with Crippen molar-refractivity contribution in [3.8, 4) is 0 Å². The quantitative estimate of drug-likeness (QED) is 0.914. The van der Waals surface area contributed by atoms with E-state index in [0.717, 1.165) is 23.6 Å². The molecule has 2 aromatic rings. The Morgan fingerprint density at radius 3 is 2.65 bits per heavy atom. The molecule has 0 spiro atoms. The Kier molecular flexibility index (Phi) is 4.44. The molecule has 0 unspecified atom stereocenters. The van der Waals surface area contributed by atoms with Crippen LogP contribution in [0.5, 0.6) is 0 Å². The van der Waals surface area contributed by atoms with E-state index in [1.807, 2.05) is 42.9 Å². The molecule has 0 aliphatic heterocycles. The van der Waals surface area contributed by atoms with E-state index in [0.29, 0.717) is 12.5 Å². The highest BCUT2D eigenvalue weighted by atomic mass is 35.5. The lowest BCUT2D eigenvalue weighted by atomic mass is 10.1. The highest BCUT2D eigenvalue weighted by molar-refractivity contribution is 6.30. The zero-order chi connectivity index (χ0) is 16.6. The molecule has 0 saturated heterocycles. The van der Waals surface area contributed by atoms with Gasteiger partial charge in [-0.1, -0.05) is 23.7 Å². The first-order valence-electron chi connectivity index (χ1n) is 7.99. The Bertz CT molecular complexity index is 721. The SMILES string of the molecule is Cc1nn(C)c(C)c1CCNC(=O)[C@H]1C[C@H]1c1ccc(Cl)cc1. The first-order chi connectivity index (χ1) is 11.0. The second kappa shape index (κ2) is 6.36. The first kappa shape index (κ1) is 16.1. The highest BCUT2D eigenvalue weighted by Crippen LogP contribution is 2.47. The molecular formula is C18H22ClN3O. The van der Waals surface area contributed by atoms with Crippen molar-refractivity contribution in [2.45, 2.75) is 32.6 Å². The van der Waals surface area contributed by atoms with Crippen LogP contribution in [0.3, 0.4) is 0 Å². The lowest BCUT2D eigenvalue weighted by Crippen LogP contribution is -2.27. The van der Waals surface area contributed by atoms with E-state index in [2.05, 4.69) is 17.3 Å². The molecule has 5 heteroatoms. The molecule has 4 nitrogen and oxygen atoms in total. The van der Waals surface area contributed by atoms with E-state index in [1.165, 1.54) is 16.8 Å². The van der Waals surface area contributed by atoms with Crippen molar-refractivity contribution in [2.24, 2.45) is 13.0 Å². The molecule has 2 atom stereocenters. The average molecular weight is 332 g/mol. The monoisotopic (exact) mass is 331 g/mol. The fourth-order valence-electron chi connectivity index (χ4n) is 3.18. The number of rotatable bonds is 5. The molecule has 23 heavy (non-hydrogen) atoms. The Hall–Kier alpha value is -1.81. The lowest BCUT2D eigenvalue weighted by molar-refractivity contribution is -0.122. The van der Waals surface area contributed by atoms with Gasteiger partial charge in [0.25, 0.3) is 0 Å². The summed E-state index contributed by atoms with van der Waals surface area (Å²) in [5.41, 5.74) is 4.65. The number of nitrogens with zero attached hydrogens (tertiary/aromatic N) is 2. The van der Waals surface area contributed by atoms with Crippen molar-refractivity contribution in [1.82, 2.24) is 15.1 Å². The van der Waals surface area contributed by atoms with Crippen molar-refractivity contribution in [2.75, 3.05) is 6.54 Å². The molecule has 0 radical (unpaired) electrons. The average Bonchev–Trinajstić information content (AvgIpc) is 3.27. The summed E-state index contributed by atoms with van der Waals surface area (Å²) in [6.45, 7) is 4.74. The van der Waals surface area contributed by atoms with Gasteiger partial charge in [0.2, 0.25) is 5.91 Å². The van der Waals surface area contributed by atoms with Gasteiger partial charge in [-0.05, 0) is 55.9 Å². The van der Waals surface area contributed by atoms with Crippen LogP contribution in [0.2, 0.25) is 5.02 Å². The van der Waals surface area contributed by atoms with Gasteiger partial charge in [-0.25, -0.2) is 0 Å². The van der Waals surface area contributed by atoms with E-state index < -0.39 is 0 Å². The fourth-order valence-corrected chi connectivity index (χ4v) is 3.31.